The minimum Gasteiger partial charge on any atom is -0.383 e. The zero-order chi connectivity index (χ0) is 22.7. The van der Waals surface area contributed by atoms with Crippen molar-refractivity contribution in [1.82, 2.24) is 19.9 Å². The van der Waals surface area contributed by atoms with Crippen LogP contribution in [0.2, 0.25) is 0 Å². The summed E-state index contributed by atoms with van der Waals surface area (Å²) in [4.78, 5) is 17.2. The zero-order valence-corrected chi connectivity index (χ0v) is 18.9. The maximum atomic E-state index is 12.7. The lowest BCUT2D eigenvalue weighted by molar-refractivity contribution is -0.116. The summed E-state index contributed by atoms with van der Waals surface area (Å²) in [6.45, 7) is 4.02. The van der Waals surface area contributed by atoms with Crippen LogP contribution in [-0.4, -0.2) is 32.1 Å². The molecule has 8 nitrogen and oxygen atoms in total. The highest BCUT2D eigenvalue weighted by Gasteiger charge is 2.24. The lowest BCUT2D eigenvalue weighted by atomic mass is 10.1. The molecule has 0 unspecified atom stereocenters. The normalized spacial score (nSPS) is 11.0. The van der Waals surface area contributed by atoms with Gasteiger partial charge in [-0.3, -0.25) is 4.79 Å². The summed E-state index contributed by atoms with van der Waals surface area (Å²) < 4.78 is 6.96. The molecule has 0 aliphatic carbocycles. The van der Waals surface area contributed by atoms with Gasteiger partial charge in [0.2, 0.25) is 11.7 Å². The van der Waals surface area contributed by atoms with Gasteiger partial charge in [-0.05, 0) is 37.3 Å². The molecule has 0 atom stereocenters. The van der Waals surface area contributed by atoms with E-state index in [9.17, 15) is 4.79 Å². The molecule has 164 valence electrons. The molecule has 9 heteroatoms. The molecule has 0 aliphatic rings. The van der Waals surface area contributed by atoms with Crippen LogP contribution in [0.4, 0.5) is 11.5 Å². The molecule has 0 saturated carbocycles. The second-order valence-corrected chi connectivity index (χ2v) is 8.07. The Hall–Kier alpha value is -3.59. The van der Waals surface area contributed by atoms with Gasteiger partial charge in [0, 0.05) is 11.3 Å². The molecular weight excluding hydrogens is 424 g/mol. The third kappa shape index (κ3) is 4.38. The number of aromatic nitrogens is 4. The molecule has 0 spiro atoms. The maximum Gasteiger partial charge on any atom is 0.264 e. The number of nitrogens with two attached hydrogens (primary N) is 1. The predicted molar refractivity (Wildman–Crippen MR) is 126 cm³/mol. The second-order valence-electron chi connectivity index (χ2n) is 7.28. The van der Waals surface area contributed by atoms with Gasteiger partial charge in [0.15, 0.2) is 0 Å². The third-order valence-corrected chi connectivity index (χ3v) is 5.71. The van der Waals surface area contributed by atoms with E-state index in [0.717, 1.165) is 28.8 Å². The summed E-state index contributed by atoms with van der Waals surface area (Å²) in [7, 11) is 0. The van der Waals surface area contributed by atoms with Gasteiger partial charge >= 0.3 is 0 Å². The van der Waals surface area contributed by atoms with Gasteiger partial charge in [-0.2, -0.15) is 10.1 Å². The average Bonchev–Trinajstić information content (AvgIpc) is 3.39. The first kappa shape index (κ1) is 21.6. The molecule has 0 radical (unpaired) electrons. The lowest BCUT2D eigenvalue weighted by Crippen LogP contribution is -2.21. The molecule has 0 saturated heterocycles. The number of benzene rings is 2. The van der Waals surface area contributed by atoms with Crippen molar-refractivity contribution in [2.75, 3.05) is 17.3 Å². The van der Waals surface area contributed by atoms with Crippen LogP contribution in [-0.2, 0) is 17.8 Å². The SMILES string of the molecule is CCc1ccccc1NC(=O)Cn1nc(SC)c(-c2nc(-c3cccc(C)c3)no2)c1N. The van der Waals surface area contributed by atoms with Crippen LogP contribution < -0.4 is 11.1 Å². The summed E-state index contributed by atoms with van der Waals surface area (Å²) in [5.74, 6) is 0.821. The fourth-order valence-electron chi connectivity index (χ4n) is 3.42. The van der Waals surface area contributed by atoms with Crippen molar-refractivity contribution >= 4 is 29.2 Å². The van der Waals surface area contributed by atoms with Crippen molar-refractivity contribution < 1.29 is 9.32 Å². The van der Waals surface area contributed by atoms with Crippen molar-refractivity contribution in [3.63, 3.8) is 0 Å². The van der Waals surface area contributed by atoms with Gasteiger partial charge in [0.1, 0.15) is 23.0 Å². The van der Waals surface area contributed by atoms with Crippen molar-refractivity contribution in [2.45, 2.75) is 31.8 Å². The highest BCUT2D eigenvalue weighted by atomic mass is 32.2. The van der Waals surface area contributed by atoms with Crippen molar-refractivity contribution in [3.8, 4) is 22.8 Å². The number of amides is 1. The number of hydrogen-bond donors (Lipinski definition) is 2. The van der Waals surface area contributed by atoms with E-state index < -0.39 is 0 Å². The minimum atomic E-state index is -0.217. The number of carbonyl (C=O) groups is 1. The second kappa shape index (κ2) is 9.27. The minimum absolute atomic E-state index is 0.0314. The number of nitrogen functional groups attached to an aromatic ring is 1. The average molecular weight is 449 g/mol. The summed E-state index contributed by atoms with van der Waals surface area (Å²) in [6, 6.07) is 15.6. The van der Waals surface area contributed by atoms with Gasteiger partial charge in [-0.25, -0.2) is 4.68 Å². The lowest BCUT2D eigenvalue weighted by Gasteiger charge is -2.10. The Morgan fingerprint density at radius 3 is 2.78 bits per heavy atom. The maximum absolute atomic E-state index is 12.7. The van der Waals surface area contributed by atoms with Gasteiger partial charge in [0.25, 0.3) is 5.89 Å². The van der Waals surface area contributed by atoms with Gasteiger partial charge < -0.3 is 15.6 Å². The van der Waals surface area contributed by atoms with E-state index in [-0.39, 0.29) is 18.3 Å². The van der Waals surface area contributed by atoms with E-state index in [1.807, 2.05) is 68.6 Å². The molecule has 4 aromatic rings. The van der Waals surface area contributed by atoms with Crippen LogP contribution in [0.5, 0.6) is 0 Å². The Bertz CT molecular complexity index is 1260. The first-order chi connectivity index (χ1) is 15.5. The largest absolute Gasteiger partial charge is 0.383 e. The van der Waals surface area contributed by atoms with Gasteiger partial charge in [-0.1, -0.05) is 54.0 Å². The van der Waals surface area contributed by atoms with Gasteiger partial charge in [-0.15, -0.1) is 11.8 Å². The number of thioether (sulfide) groups is 1. The van der Waals surface area contributed by atoms with Gasteiger partial charge in [0.05, 0.1) is 0 Å². The van der Waals surface area contributed by atoms with Crippen molar-refractivity contribution in [3.05, 3.63) is 59.7 Å². The fourth-order valence-corrected chi connectivity index (χ4v) is 4.00. The Labute approximate surface area is 190 Å². The number of nitrogens with one attached hydrogen (secondary N) is 1. The van der Waals surface area contributed by atoms with E-state index in [0.29, 0.717) is 22.2 Å². The Kier molecular flexibility index (Phi) is 6.27. The Morgan fingerprint density at radius 1 is 1.22 bits per heavy atom. The predicted octanol–water partition coefficient (Wildman–Crippen LogP) is 4.41. The summed E-state index contributed by atoms with van der Waals surface area (Å²) in [5.41, 5.74) is 10.7. The number of rotatable bonds is 7. The molecule has 0 fully saturated rings. The monoisotopic (exact) mass is 448 g/mol. The zero-order valence-electron chi connectivity index (χ0n) is 18.1. The molecule has 4 rings (SSSR count). The van der Waals surface area contributed by atoms with Crippen LogP contribution in [0.25, 0.3) is 22.8 Å². The highest BCUT2D eigenvalue weighted by molar-refractivity contribution is 7.98. The van der Waals surface area contributed by atoms with Crippen LogP contribution in [0.3, 0.4) is 0 Å². The summed E-state index contributed by atoms with van der Waals surface area (Å²) in [6.07, 6.45) is 2.70. The number of nitrogens with zero attached hydrogens (tertiary/aromatic N) is 4. The van der Waals surface area contributed by atoms with E-state index in [4.69, 9.17) is 10.3 Å². The molecule has 32 heavy (non-hydrogen) atoms. The van der Waals surface area contributed by atoms with E-state index in [1.165, 1.54) is 16.4 Å². The molecular formula is C23H24N6O2S. The molecule has 2 heterocycles. The number of carbonyl (C=O) groups excluding carboxylic acids is 1. The number of anilines is 2. The molecule has 0 bridgehead atoms. The molecule has 2 aromatic carbocycles. The van der Waals surface area contributed by atoms with Crippen molar-refractivity contribution in [1.29, 1.82) is 0 Å². The summed E-state index contributed by atoms with van der Waals surface area (Å²) in [5, 5.41) is 12.1. The smallest absolute Gasteiger partial charge is 0.264 e. The van der Waals surface area contributed by atoms with Crippen LogP contribution in [0.15, 0.2) is 58.1 Å². The van der Waals surface area contributed by atoms with Crippen LogP contribution >= 0.6 is 11.8 Å². The standard InChI is InChI=1S/C23H24N6O2S/c1-4-15-9-5-6-11-17(15)25-18(30)13-29-20(24)19(23(27-29)32-3)22-26-21(28-31-22)16-10-7-8-14(2)12-16/h5-12H,4,13,24H2,1-3H3,(H,25,30). The van der Waals surface area contributed by atoms with Crippen molar-refractivity contribution in [2.24, 2.45) is 0 Å². The quantitative estimate of drug-likeness (QED) is 0.403. The highest BCUT2D eigenvalue weighted by Crippen LogP contribution is 2.35. The molecule has 1 amide bonds. The van der Waals surface area contributed by atoms with E-state index in [2.05, 4.69) is 20.6 Å². The summed E-state index contributed by atoms with van der Waals surface area (Å²) >= 11 is 1.40. The third-order valence-electron chi connectivity index (χ3n) is 5.03. The molecule has 2 aromatic heterocycles. The number of hydrogen-bond acceptors (Lipinski definition) is 7. The fraction of sp³-hybridized carbons (Fsp3) is 0.217. The Balaban J connectivity index is 1.59. The molecule has 3 N–H and O–H groups in total. The number of aryl methyl sites for hydroxylation is 2. The van der Waals surface area contributed by atoms with E-state index >= 15 is 0 Å². The molecule has 0 aliphatic heterocycles. The topological polar surface area (TPSA) is 112 Å². The Morgan fingerprint density at radius 2 is 2.03 bits per heavy atom. The number of para-hydroxylation sites is 1. The van der Waals surface area contributed by atoms with Crippen LogP contribution in [0, 0.1) is 6.92 Å². The van der Waals surface area contributed by atoms with E-state index in [1.54, 1.807) is 0 Å². The van der Waals surface area contributed by atoms with Crippen LogP contribution in [0.1, 0.15) is 18.1 Å². The first-order valence-corrected chi connectivity index (χ1v) is 11.4. The first-order valence-electron chi connectivity index (χ1n) is 10.2.